The summed E-state index contributed by atoms with van der Waals surface area (Å²) in [5.74, 6) is -0.200. The van der Waals surface area contributed by atoms with Gasteiger partial charge in [0.25, 0.3) is 11.5 Å². The van der Waals surface area contributed by atoms with E-state index in [1.807, 2.05) is 13.8 Å². The smallest absolute Gasteiger partial charge is 0.260 e. The quantitative estimate of drug-likeness (QED) is 0.725. The molecule has 0 saturated carbocycles. The van der Waals surface area contributed by atoms with Crippen LogP contribution in [0.2, 0.25) is 0 Å². The number of rotatable bonds is 5. The Morgan fingerprint density at radius 3 is 2.61 bits per heavy atom. The average Bonchev–Trinajstić information content (AvgIpc) is 2.27. The Morgan fingerprint density at radius 2 is 2.11 bits per heavy atom. The SMILES string of the molecule is Cc1ccc(C(=O)NC(CCO)C(C)C)c(=O)[nH]1. The maximum atomic E-state index is 12.0. The molecule has 1 aromatic rings. The van der Waals surface area contributed by atoms with E-state index in [1.165, 1.54) is 6.07 Å². The average molecular weight is 252 g/mol. The van der Waals surface area contributed by atoms with E-state index >= 15 is 0 Å². The van der Waals surface area contributed by atoms with Crippen molar-refractivity contribution in [2.45, 2.75) is 33.2 Å². The van der Waals surface area contributed by atoms with Crippen molar-refractivity contribution in [3.63, 3.8) is 0 Å². The zero-order valence-electron chi connectivity index (χ0n) is 11.0. The predicted molar refractivity (Wildman–Crippen MR) is 69.6 cm³/mol. The molecule has 1 heterocycles. The van der Waals surface area contributed by atoms with E-state index in [4.69, 9.17) is 5.11 Å². The number of carbonyl (C=O) groups excluding carboxylic acids is 1. The van der Waals surface area contributed by atoms with Gasteiger partial charge in [0.05, 0.1) is 0 Å². The lowest BCUT2D eigenvalue weighted by molar-refractivity contribution is 0.0915. The van der Waals surface area contributed by atoms with Gasteiger partial charge in [-0.1, -0.05) is 13.8 Å². The van der Waals surface area contributed by atoms with Crippen molar-refractivity contribution in [1.82, 2.24) is 10.3 Å². The van der Waals surface area contributed by atoms with E-state index in [9.17, 15) is 9.59 Å². The van der Waals surface area contributed by atoms with Crippen LogP contribution in [0.4, 0.5) is 0 Å². The van der Waals surface area contributed by atoms with Gasteiger partial charge < -0.3 is 15.4 Å². The van der Waals surface area contributed by atoms with Gasteiger partial charge in [0, 0.05) is 18.3 Å². The second-order valence-electron chi connectivity index (χ2n) is 4.72. The molecule has 0 aliphatic heterocycles. The molecule has 5 nitrogen and oxygen atoms in total. The first-order valence-corrected chi connectivity index (χ1v) is 6.07. The Morgan fingerprint density at radius 1 is 1.44 bits per heavy atom. The number of amides is 1. The molecule has 0 radical (unpaired) electrons. The van der Waals surface area contributed by atoms with Gasteiger partial charge in [-0.3, -0.25) is 9.59 Å². The highest BCUT2D eigenvalue weighted by molar-refractivity contribution is 5.94. The van der Waals surface area contributed by atoms with Crippen LogP contribution in [0.15, 0.2) is 16.9 Å². The molecule has 0 saturated heterocycles. The molecule has 1 amide bonds. The summed E-state index contributed by atoms with van der Waals surface area (Å²) in [6.07, 6.45) is 0.479. The van der Waals surface area contributed by atoms with Crippen LogP contribution in [-0.4, -0.2) is 28.6 Å². The Hall–Kier alpha value is -1.62. The standard InChI is InChI=1S/C13H20N2O3/c1-8(2)11(6-7-16)15-13(18)10-5-4-9(3)14-12(10)17/h4-5,8,11,16H,6-7H2,1-3H3,(H,14,17)(H,15,18). The van der Waals surface area contributed by atoms with Gasteiger partial charge in [0.1, 0.15) is 5.56 Å². The molecular weight excluding hydrogens is 232 g/mol. The molecule has 18 heavy (non-hydrogen) atoms. The molecule has 0 bridgehead atoms. The fourth-order valence-corrected chi connectivity index (χ4v) is 1.71. The largest absolute Gasteiger partial charge is 0.396 e. The van der Waals surface area contributed by atoms with Gasteiger partial charge >= 0.3 is 0 Å². The summed E-state index contributed by atoms with van der Waals surface area (Å²) in [5.41, 5.74) is 0.426. The van der Waals surface area contributed by atoms with Crippen molar-refractivity contribution in [2.24, 2.45) is 5.92 Å². The number of aromatic amines is 1. The number of hydrogen-bond acceptors (Lipinski definition) is 3. The first-order chi connectivity index (χ1) is 8.45. The number of nitrogens with one attached hydrogen (secondary N) is 2. The maximum absolute atomic E-state index is 12.0. The van der Waals surface area contributed by atoms with Crippen LogP contribution in [-0.2, 0) is 0 Å². The van der Waals surface area contributed by atoms with Gasteiger partial charge in [-0.15, -0.1) is 0 Å². The van der Waals surface area contributed by atoms with Gasteiger partial charge in [0.2, 0.25) is 0 Å². The van der Waals surface area contributed by atoms with Crippen LogP contribution in [0.25, 0.3) is 0 Å². The number of H-pyrrole nitrogens is 1. The van der Waals surface area contributed by atoms with Crippen LogP contribution < -0.4 is 10.9 Å². The number of carbonyl (C=O) groups is 1. The highest BCUT2D eigenvalue weighted by Crippen LogP contribution is 2.06. The minimum absolute atomic E-state index is 0.00732. The van der Waals surface area contributed by atoms with E-state index in [1.54, 1.807) is 13.0 Å². The molecule has 3 N–H and O–H groups in total. The number of aliphatic hydroxyl groups excluding tert-OH is 1. The van der Waals surface area contributed by atoms with Gasteiger partial charge in [-0.25, -0.2) is 0 Å². The predicted octanol–water partition coefficient (Wildman–Crippen LogP) is 0.820. The summed E-state index contributed by atoms with van der Waals surface area (Å²) >= 11 is 0. The number of aromatic nitrogens is 1. The third-order valence-electron chi connectivity index (χ3n) is 2.86. The summed E-state index contributed by atoms with van der Waals surface area (Å²) in [5, 5.41) is 11.7. The topological polar surface area (TPSA) is 82.2 Å². The van der Waals surface area contributed by atoms with Crippen molar-refractivity contribution >= 4 is 5.91 Å². The zero-order chi connectivity index (χ0) is 13.7. The minimum Gasteiger partial charge on any atom is -0.396 e. The lowest BCUT2D eigenvalue weighted by atomic mass is 10.0. The van der Waals surface area contributed by atoms with E-state index in [0.717, 1.165) is 0 Å². The molecule has 100 valence electrons. The Bertz CT molecular complexity index is 466. The van der Waals surface area contributed by atoms with E-state index in [0.29, 0.717) is 12.1 Å². The first-order valence-electron chi connectivity index (χ1n) is 6.07. The number of hydrogen-bond donors (Lipinski definition) is 3. The molecule has 0 aliphatic carbocycles. The van der Waals surface area contributed by atoms with Crippen LogP contribution in [0, 0.1) is 12.8 Å². The van der Waals surface area contributed by atoms with Crippen molar-refractivity contribution in [1.29, 1.82) is 0 Å². The summed E-state index contributed by atoms with van der Waals surface area (Å²) in [4.78, 5) is 26.2. The van der Waals surface area contributed by atoms with Crippen LogP contribution in [0.1, 0.15) is 36.3 Å². The number of aryl methyl sites for hydroxylation is 1. The van der Waals surface area contributed by atoms with E-state index in [-0.39, 0.29) is 29.7 Å². The van der Waals surface area contributed by atoms with Crippen LogP contribution in [0.3, 0.4) is 0 Å². The second kappa shape index (κ2) is 6.35. The third kappa shape index (κ3) is 3.70. The lowest BCUT2D eigenvalue weighted by Gasteiger charge is -2.21. The lowest BCUT2D eigenvalue weighted by Crippen LogP contribution is -2.41. The zero-order valence-corrected chi connectivity index (χ0v) is 11.0. The Labute approximate surface area is 106 Å². The van der Waals surface area contributed by atoms with Crippen molar-refractivity contribution in [2.75, 3.05) is 6.61 Å². The van der Waals surface area contributed by atoms with Crippen molar-refractivity contribution in [3.8, 4) is 0 Å². The molecule has 5 heteroatoms. The summed E-state index contributed by atoms with van der Waals surface area (Å²) < 4.78 is 0. The molecular formula is C13H20N2O3. The maximum Gasteiger partial charge on any atom is 0.260 e. The van der Waals surface area contributed by atoms with Crippen molar-refractivity contribution < 1.29 is 9.90 Å². The Kier molecular flexibility index (Phi) is 5.09. The fourth-order valence-electron chi connectivity index (χ4n) is 1.71. The van der Waals surface area contributed by atoms with Crippen LogP contribution in [0.5, 0.6) is 0 Å². The van der Waals surface area contributed by atoms with Gasteiger partial charge in [-0.05, 0) is 31.4 Å². The monoisotopic (exact) mass is 252 g/mol. The molecule has 1 atom stereocenters. The molecule has 0 aromatic carbocycles. The molecule has 1 unspecified atom stereocenters. The van der Waals surface area contributed by atoms with E-state index < -0.39 is 5.91 Å². The minimum atomic E-state index is -0.400. The summed E-state index contributed by atoms with van der Waals surface area (Å²) in [6.45, 7) is 5.68. The normalized spacial score (nSPS) is 12.5. The second-order valence-corrected chi connectivity index (χ2v) is 4.72. The number of pyridine rings is 1. The summed E-state index contributed by atoms with van der Waals surface area (Å²) in [7, 11) is 0. The number of aliphatic hydroxyl groups is 1. The summed E-state index contributed by atoms with van der Waals surface area (Å²) in [6, 6.07) is 3.07. The molecule has 0 spiro atoms. The molecule has 0 aliphatic rings. The molecule has 0 fully saturated rings. The van der Waals surface area contributed by atoms with E-state index in [2.05, 4.69) is 10.3 Å². The first kappa shape index (κ1) is 14.4. The Balaban J connectivity index is 2.84. The van der Waals surface area contributed by atoms with Crippen LogP contribution >= 0.6 is 0 Å². The van der Waals surface area contributed by atoms with Crippen molar-refractivity contribution in [3.05, 3.63) is 33.7 Å². The van der Waals surface area contributed by atoms with Gasteiger partial charge in [0.15, 0.2) is 0 Å². The highest BCUT2D eigenvalue weighted by Gasteiger charge is 2.18. The highest BCUT2D eigenvalue weighted by atomic mass is 16.3. The molecule has 1 aromatic heterocycles. The fraction of sp³-hybridized carbons (Fsp3) is 0.538. The van der Waals surface area contributed by atoms with Gasteiger partial charge in [-0.2, -0.15) is 0 Å². The third-order valence-corrected chi connectivity index (χ3v) is 2.86. The molecule has 1 rings (SSSR count).